The quantitative estimate of drug-likeness (QED) is 0.311. The fourth-order valence-electron chi connectivity index (χ4n) is 3.00. The SMILES string of the molecule is CCCN(CC(=O)Nc1ccccc1C)C(=O)COC(=O)c1ccc(OCC)c([N+](=O)[O-])c1. The molecule has 2 rings (SSSR count). The van der Waals surface area contributed by atoms with Crippen LogP contribution in [0, 0.1) is 17.0 Å². The van der Waals surface area contributed by atoms with Crippen molar-refractivity contribution in [3.05, 3.63) is 63.7 Å². The van der Waals surface area contributed by atoms with Gasteiger partial charge in [-0.2, -0.15) is 0 Å². The van der Waals surface area contributed by atoms with Crippen molar-refractivity contribution in [2.75, 3.05) is 31.6 Å². The van der Waals surface area contributed by atoms with Gasteiger partial charge in [0.15, 0.2) is 12.4 Å². The molecule has 0 heterocycles. The summed E-state index contributed by atoms with van der Waals surface area (Å²) in [5.41, 5.74) is 1.07. The number of aryl methyl sites for hydroxylation is 1. The Labute approximate surface area is 191 Å². The Morgan fingerprint density at radius 1 is 1.12 bits per heavy atom. The highest BCUT2D eigenvalue weighted by molar-refractivity contribution is 5.96. The predicted octanol–water partition coefficient (Wildman–Crippen LogP) is 3.34. The molecule has 0 saturated heterocycles. The van der Waals surface area contributed by atoms with E-state index in [4.69, 9.17) is 9.47 Å². The number of anilines is 1. The van der Waals surface area contributed by atoms with Crippen LogP contribution >= 0.6 is 0 Å². The number of nitro benzene ring substituents is 1. The minimum Gasteiger partial charge on any atom is -0.487 e. The molecule has 2 aromatic carbocycles. The second-order valence-corrected chi connectivity index (χ2v) is 7.13. The molecule has 1 N–H and O–H groups in total. The zero-order valence-electron chi connectivity index (χ0n) is 18.8. The number of para-hydroxylation sites is 1. The summed E-state index contributed by atoms with van der Waals surface area (Å²) in [6.45, 7) is 5.11. The van der Waals surface area contributed by atoms with Crippen molar-refractivity contribution in [3.8, 4) is 5.75 Å². The van der Waals surface area contributed by atoms with Crippen LogP contribution in [-0.2, 0) is 14.3 Å². The molecule has 33 heavy (non-hydrogen) atoms. The molecule has 0 saturated carbocycles. The average Bonchev–Trinajstić information content (AvgIpc) is 2.78. The van der Waals surface area contributed by atoms with E-state index < -0.39 is 23.4 Å². The van der Waals surface area contributed by atoms with Gasteiger partial charge in [0.1, 0.15) is 0 Å². The maximum atomic E-state index is 12.6. The summed E-state index contributed by atoms with van der Waals surface area (Å²) in [7, 11) is 0. The first kappa shape index (κ1) is 25.3. The van der Waals surface area contributed by atoms with Crippen LogP contribution in [-0.4, -0.2) is 53.9 Å². The molecule has 10 heteroatoms. The predicted molar refractivity (Wildman–Crippen MR) is 121 cm³/mol. The molecule has 2 aromatic rings. The van der Waals surface area contributed by atoms with Crippen molar-refractivity contribution in [1.29, 1.82) is 0 Å². The van der Waals surface area contributed by atoms with Crippen LogP contribution < -0.4 is 10.1 Å². The number of nitrogens with one attached hydrogen (secondary N) is 1. The first-order chi connectivity index (χ1) is 15.8. The molecule has 0 atom stereocenters. The lowest BCUT2D eigenvalue weighted by Gasteiger charge is -2.21. The van der Waals surface area contributed by atoms with Crippen molar-refractivity contribution >= 4 is 29.2 Å². The fourth-order valence-corrected chi connectivity index (χ4v) is 3.00. The van der Waals surface area contributed by atoms with E-state index >= 15 is 0 Å². The van der Waals surface area contributed by atoms with Crippen molar-refractivity contribution in [1.82, 2.24) is 4.90 Å². The number of benzene rings is 2. The van der Waals surface area contributed by atoms with Gasteiger partial charge >= 0.3 is 11.7 Å². The molecule has 0 aliphatic heterocycles. The minimum absolute atomic E-state index is 0.0314. The van der Waals surface area contributed by atoms with Crippen LogP contribution in [0.2, 0.25) is 0 Å². The Kier molecular flexibility index (Phi) is 9.34. The van der Waals surface area contributed by atoms with Gasteiger partial charge in [0.25, 0.3) is 5.91 Å². The van der Waals surface area contributed by atoms with Crippen LogP contribution in [0.4, 0.5) is 11.4 Å². The summed E-state index contributed by atoms with van der Waals surface area (Å²) in [4.78, 5) is 49.2. The van der Waals surface area contributed by atoms with Gasteiger partial charge < -0.3 is 19.7 Å². The highest BCUT2D eigenvalue weighted by atomic mass is 16.6. The van der Waals surface area contributed by atoms with Gasteiger partial charge in [-0.15, -0.1) is 0 Å². The Morgan fingerprint density at radius 2 is 1.85 bits per heavy atom. The Morgan fingerprint density at radius 3 is 2.48 bits per heavy atom. The van der Waals surface area contributed by atoms with Gasteiger partial charge in [0.2, 0.25) is 5.91 Å². The van der Waals surface area contributed by atoms with E-state index in [0.717, 1.165) is 11.6 Å². The lowest BCUT2D eigenvalue weighted by molar-refractivity contribution is -0.385. The first-order valence-electron chi connectivity index (χ1n) is 10.5. The minimum atomic E-state index is -0.893. The van der Waals surface area contributed by atoms with Crippen LogP contribution in [0.3, 0.4) is 0 Å². The third-order valence-corrected chi connectivity index (χ3v) is 4.62. The number of ether oxygens (including phenoxy) is 2. The highest BCUT2D eigenvalue weighted by Gasteiger charge is 2.22. The molecule has 0 aliphatic rings. The van der Waals surface area contributed by atoms with E-state index in [1.807, 2.05) is 26.0 Å². The smallest absolute Gasteiger partial charge is 0.338 e. The van der Waals surface area contributed by atoms with E-state index in [1.165, 1.54) is 17.0 Å². The zero-order valence-corrected chi connectivity index (χ0v) is 18.8. The van der Waals surface area contributed by atoms with Gasteiger partial charge in [0.05, 0.1) is 23.6 Å². The lowest BCUT2D eigenvalue weighted by Crippen LogP contribution is -2.40. The standard InChI is InChI=1S/C23H27N3O7/c1-4-12-25(14-21(27)24-18-9-7-6-8-16(18)3)22(28)15-33-23(29)17-10-11-20(32-5-2)19(13-17)26(30)31/h6-11,13H,4-5,12,14-15H2,1-3H3,(H,24,27). The average molecular weight is 457 g/mol. The van der Waals surface area contributed by atoms with E-state index in [1.54, 1.807) is 19.1 Å². The molecule has 10 nitrogen and oxygen atoms in total. The van der Waals surface area contributed by atoms with E-state index in [-0.39, 0.29) is 36.1 Å². The molecule has 0 spiro atoms. The number of nitro groups is 1. The zero-order chi connectivity index (χ0) is 24.4. The summed E-state index contributed by atoms with van der Waals surface area (Å²) < 4.78 is 10.2. The van der Waals surface area contributed by atoms with Gasteiger partial charge in [-0.1, -0.05) is 25.1 Å². The highest BCUT2D eigenvalue weighted by Crippen LogP contribution is 2.28. The summed E-state index contributed by atoms with van der Waals surface area (Å²) >= 11 is 0. The fraction of sp³-hybridized carbons (Fsp3) is 0.348. The van der Waals surface area contributed by atoms with Crippen LogP contribution in [0.15, 0.2) is 42.5 Å². The largest absolute Gasteiger partial charge is 0.487 e. The first-order valence-corrected chi connectivity index (χ1v) is 10.5. The number of esters is 1. The molecule has 2 amide bonds. The molecule has 0 aliphatic carbocycles. The van der Waals surface area contributed by atoms with Gasteiger partial charge in [-0.05, 0) is 44.0 Å². The monoisotopic (exact) mass is 457 g/mol. The molecule has 176 valence electrons. The number of rotatable bonds is 11. The van der Waals surface area contributed by atoms with Crippen molar-refractivity contribution in [3.63, 3.8) is 0 Å². The van der Waals surface area contributed by atoms with Gasteiger partial charge in [-0.25, -0.2) is 4.79 Å². The summed E-state index contributed by atoms with van der Waals surface area (Å²) in [6, 6.07) is 10.9. The Balaban J connectivity index is 2.00. The van der Waals surface area contributed by atoms with E-state index in [9.17, 15) is 24.5 Å². The maximum Gasteiger partial charge on any atom is 0.338 e. The maximum absolute atomic E-state index is 12.6. The summed E-state index contributed by atoms with van der Waals surface area (Å²) in [5.74, 6) is -1.79. The number of amides is 2. The van der Waals surface area contributed by atoms with E-state index in [0.29, 0.717) is 18.7 Å². The third kappa shape index (κ3) is 7.30. The number of nitrogens with zero attached hydrogens (tertiary/aromatic N) is 2. The second kappa shape index (κ2) is 12.2. The number of hydrogen-bond acceptors (Lipinski definition) is 7. The number of carbonyl (C=O) groups excluding carboxylic acids is 3. The molecule has 0 aromatic heterocycles. The Hall–Kier alpha value is -3.95. The molecule has 0 radical (unpaired) electrons. The van der Waals surface area contributed by atoms with Crippen LogP contribution in [0.1, 0.15) is 36.2 Å². The molecule has 0 unspecified atom stereocenters. The summed E-state index contributed by atoms with van der Waals surface area (Å²) in [6.07, 6.45) is 0.600. The number of hydrogen-bond donors (Lipinski definition) is 1. The lowest BCUT2D eigenvalue weighted by atomic mass is 10.2. The van der Waals surface area contributed by atoms with E-state index in [2.05, 4.69) is 5.32 Å². The van der Waals surface area contributed by atoms with Crippen LogP contribution in [0.5, 0.6) is 5.75 Å². The van der Waals surface area contributed by atoms with Crippen molar-refractivity contribution < 1.29 is 28.8 Å². The topological polar surface area (TPSA) is 128 Å². The molecular weight excluding hydrogens is 430 g/mol. The normalized spacial score (nSPS) is 10.3. The third-order valence-electron chi connectivity index (χ3n) is 4.62. The Bertz CT molecular complexity index is 1020. The molecule has 0 bridgehead atoms. The second-order valence-electron chi connectivity index (χ2n) is 7.13. The van der Waals surface area contributed by atoms with Gasteiger partial charge in [-0.3, -0.25) is 19.7 Å². The van der Waals surface area contributed by atoms with Crippen molar-refractivity contribution in [2.24, 2.45) is 0 Å². The number of carbonyl (C=O) groups is 3. The summed E-state index contributed by atoms with van der Waals surface area (Å²) in [5, 5.41) is 14.0. The van der Waals surface area contributed by atoms with Crippen LogP contribution in [0.25, 0.3) is 0 Å². The van der Waals surface area contributed by atoms with Crippen molar-refractivity contribution in [2.45, 2.75) is 27.2 Å². The van der Waals surface area contributed by atoms with Gasteiger partial charge in [0, 0.05) is 18.3 Å². The molecule has 0 fully saturated rings. The molecular formula is C23H27N3O7.